The summed E-state index contributed by atoms with van der Waals surface area (Å²) in [6, 6.07) is 4.23. The van der Waals surface area contributed by atoms with Crippen LogP contribution < -0.4 is 9.74 Å². The maximum atomic E-state index is 13.0. The molecule has 2 aromatic rings. The van der Waals surface area contributed by atoms with Crippen LogP contribution in [-0.2, 0) is 21.9 Å². The van der Waals surface area contributed by atoms with Crippen molar-refractivity contribution in [1.82, 2.24) is 9.47 Å². The third-order valence-corrected chi connectivity index (χ3v) is 6.57. The number of carbonyl (C=O) groups excluding carboxylic acids is 1. The number of likely N-dealkylation sites (tertiary alicyclic amines) is 1. The van der Waals surface area contributed by atoms with Crippen molar-refractivity contribution in [3.63, 3.8) is 0 Å². The van der Waals surface area contributed by atoms with Gasteiger partial charge < -0.3 is 18.4 Å². The number of aryl methyl sites for hydroxylation is 2. The van der Waals surface area contributed by atoms with Crippen molar-refractivity contribution in [2.75, 3.05) is 13.1 Å². The van der Waals surface area contributed by atoms with E-state index in [1.807, 2.05) is 0 Å². The average molecular weight is 505 g/mol. The third kappa shape index (κ3) is 5.31. The molecule has 1 amide bonds. The average Bonchev–Trinajstić information content (AvgIpc) is 2.70. The molecule has 1 saturated heterocycles. The standard InChI is InChI=1S/C22H27F3N2O6S/c1-13-10-16-17(26(5)19(13)28)11-15(12-18(16)33-34(30,31)22(23,24)25)14-6-8-27(9-7-14)20(29)32-21(2,3)4/h10-12,14H,6-9H2,1-5H3. The number of rotatable bonds is 3. The van der Waals surface area contributed by atoms with E-state index in [1.54, 1.807) is 31.7 Å². The Balaban J connectivity index is 2.00. The molecule has 1 aliphatic rings. The van der Waals surface area contributed by atoms with Crippen molar-refractivity contribution >= 4 is 27.1 Å². The molecule has 188 valence electrons. The molecular formula is C22H27F3N2O6S. The van der Waals surface area contributed by atoms with Gasteiger partial charge in [0.05, 0.1) is 5.52 Å². The second-order valence-corrected chi connectivity index (χ2v) is 10.9. The van der Waals surface area contributed by atoms with Crippen LogP contribution >= 0.6 is 0 Å². The van der Waals surface area contributed by atoms with E-state index in [2.05, 4.69) is 4.18 Å². The number of hydrogen-bond acceptors (Lipinski definition) is 6. The van der Waals surface area contributed by atoms with Crippen molar-refractivity contribution in [2.24, 2.45) is 7.05 Å². The number of aromatic nitrogens is 1. The molecule has 0 aliphatic carbocycles. The highest BCUT2D eigenvalue weighted by molar-refractivity contribution is 7.88. The number of halogens is 3. The molecule has 0 saturated carbocycles. The predicted molar refractivity (Wildman–Crippen MR) is 119 cm³/mol. The zero-order valence-electron chi connectivity index (χ0n) is 19.5. The Labute approximate surface area is 195 Å². The summed E-state index contributed by atoms with van der Waals surface area (Å²) >= 11 is 0. The van der Waals surface area contributed by atoms with Gasteiger partial charge in [0.15, 0.2) is 5.75 Å². The quantitative estimate of drug-likeness (QED) is 0.460. The van der Waals surface area contributed by atoms with Gasteiger partial charge in [-0.15, -0.1) is 0 Å². The molecule has 0 bridgehead atoms. The summed E-state index contributed by atoms with van der Waals surface area (Å²) in [6.45, 7) is 7.45. The molecule has 1 aromatic carbocycles. The summed E-state index contributed by atoms with van der Waals surface area (Å²) in [6.07, 6.45) is 0.481. The van der Waals surface area contributed by atoms with Gasteiger partial charge in [0.2, 0.25) is 0 Å². The van der Waals surface area contributed by atoms with E-state index in [0.717, 1.165) is 0 Å². The molecule has 0 radical (unpaired) electrons. The fraction of sp³-hybridized carbons (Fsp3) is 0.545. The van der Waals surface area contributed by atoms with Crippen molar-refractivity contribution in [1.29, 1.82) is 0 Å². The first-order chi connectivity index (χ1) is 15.5. The van der Waals surface area contributed by atoms with Crippen molar-refractivity contribution in [2.45, 2.75) is 57.6 Å². The molecule has 1 aromatic heterocycles. The minimum Gasteiger partial charge on any atom is -0.444 e. The molecule has 12 heteroatoms. The lowest BCUT2D eigenvalue weighted by atomic mass is 9.88. The van der Waals surface area contributed by atoms with Gasteiger partial charge in [0, 0.05) is 31.1 Å². The van der Waals surface area contributed by atoms with E-state index in [1.165, 1.54) is 30.7 Å². The molecule has 0 spiro atoms. The Morgan fingerprint density at radius 3 is 2.21 bits per heavy atom. The van der Waals surface area contributed by atoms with Crippen LogP contribution in [0.4, 0.5) is 18.0 Å². The molecule has 0 unspecified atom stereocenters. The lowest BCUT2D eigenvalue weighted by Crippen LogP contribution is -2.41. The first-order valence-corrected chi connectivity index (χ1v) is 12.0. The Kier molecular flexibility index (Phi) is 6.68. The van der Waals surface area contributed by atoms with Crippen LogP contribution in [0.3, 0.4) is 0 Å². The summed E-state index contributed by atoms with van der Waals surface area (Å²) in [4.78, 5) is 26.3. The predicted octanol–water partition coefficient (Wildman–Crippen LogP) is 4.19. The van der Waals surface area contributed by atoms with Crippen LogP contribution in [0.5, 0.6) is 5.75 Å². The number of pyridine rings is 1. The molecule has 0 atom stereocenters. The number of hydrogen-bond donors (Lipinski definition) is 0. The highest BCUT2D eigenvalue weighted by Gasteiger charge is 2.49. The Hall–Kier alpha value is -2.76. The second kappa shape index (κ2) is 8.79. The highest BCUT2D eigenvalue weighted by Crippen LogP contribution is 2.37. The first-order valence-electron chi connectivity index (χ1n) is 10.6. The number of nitrogens with zero attached hydrogens (tertiary/aromatic N) is 2. The minimum atomic E-state index is -5.92. The number of benzene rings is 1. The number of ether oxygens (including phenoxy) is 1. The zero-order valence-corrected chi connectivity index (χ0v) is 20.3. The first kappa shape index (κ1) is 25.9. The molecule has 1 aliphatic heterocycles. The number of alkyl halides is 3. The fourth-order valence-electron chi connectivity index (χ4n) is 3.90. The van der Waals surface area contributed by atoms with Gasteiger partial charge in [-0.1, -0.05) is 0 Å². The van der Waals surface area contributed by atoms with Crippen molar-refractivity contribution in [3.05, 3.63) is 39.7 Å². The van der Waals surface area contributed by atoms with Gasteiger partial charge >= 0.3 is 21.7 Å². The number of piperidine rings is 1. The Morgan fingerprint density at radius 2 is 1.68 bits per heavy atom. The maximum Gasteiger partial charge on any atom is 0.534 e. The number of fused-ring (bicyclic) bond motifs is 1. The van der Waals surface area contributed by atoms with Gasteiger partial charge in [0.25, 0.3) is 5.56 Å². The summed E-state index contributed by atoms with van der Waals surface area (Å²) in [5, 5.41) is 0.0716. The Morgan fingerprint density at radius 1 is 1.09 bits per heavy atom. The maximum absolute atomic E-state index is 13.0. The smallest absolute Gasteiger partial charge is 0.444 e. The largest absolute Gasteiger partial charge is 0.534 e. The summed E-state index contributed by atoms with van der Waals surface area (Å²) in [5.74, 6) is -0.700. The molecule has 34 heavy (non-hydrogen) atoms. The highest BCUT2D eigenvalue weighted by atomic mass is 32.2. The van der Waals surface area contributed by atoms with E-state index in [-0.39, 0.29) is 27.9 Å². The molecule has 8 nitrogen and oxygen atoms in total. The third-order valence-electron chi connectivity index (χ3n) is 5.61. The lowest BCUT2D eigenvalue weighted by Gasteiger charge is -2.33. The second-order valence-electron chi connectivity index (χ2n) is 9.37. The summed E-state index contributed by atoms with van der Waals surface area (Å²) in [5.41, 5.74) is -5.64. The van der Waals surface area contributed by atoms with E-state index < -0.39 is 33.1 Å². The van der Waals surface area contributed by atoms with Crippen LogP contribution in [0.2, 0.25) is 0 Å². The van der Waals surface area contributed by atoms with Crippen LogP contribution in [0.25, 0.3) is 10.9 Å². The molecular weight excluding hydrogens is 477 g/mol. The summed E-state index contributed by atoms with van der Waals surface area (Å²) < 4.78 is 73.7. The van der Waals surface area contributed by atoms with Gasteiger partial charge in [-0.25, -0.2) is 4.79 Å². The van der Waals surface area contributed by atoms with E-state index in [0.29, 0.717) is 31.5 Å². The SMILES string of the molecule is Cc1cc2c(OS(=O)(=O)C(F)(F)F)cc(C3CCN(C(=O)OC(C)(C)C)CC3)cc2n(C)c1=O. The number of carbonyl (C=O) groups is 1. The van der Waals surface area contributed by atoms with E-state index in [4.69, 9.17) is 4.74 Å². The fourth-order valence-corrected chi connectivity index (χ4v) is 4.37. The normalized spacial score (nSPS) is 16.1. The Bertz CT molecular complexity index is 1270. The topological polar surface area (TPSA) is 94.9 Å². The van der Waals surface area contributed by atoms with Crippen LogP contribution in [-0.4, -0.2) is 48.2 Å². The molecule has 1 fully saturated rings. The van der Waals surface area contributed by atoms with Crippen LogP contribution in [0.15, 0.2) is 23.0 Å². The lowest BCUT2D eigenvalue weighted by molar-refractivity contribution is -0.0499. The minimum absolute atomic E-state index is 0.0716. The molecule has 3 rings (SSSR count). The van der Waals surface area contributed by atoms with Crippen LogP contribution in [0, 0.1) is 6.92 Å². The van der Waals surface area contributed by atoms with Crippen molar-refractivity contribution in [3.8, 4) is 5.75 Å². The van der Waals surface area contributed by atoms with E-state index in [9.17, 15) is 31.2 Å². The molecule has 0 N–H and O–H groups in total. The van der Waals surface area contributed by atoms with Crippen molar-refractivity contribution < 1.29 is 35.3 Å². The molecule has 2 heterocycles. The number of amides is 1. The van der Waals surface area contributed by atoms with Gasteiger partial charge in [-0.3, -0.25) is 4.79 Å². The zero-order chi connectivity index (χ0) is 25.6. The van der Waals surface area contributed by atoms with E-state index >= 15 is 0 Å². The van der Waals surface area contributed by atoms with Crippen LogP contribution in [0.1, 0.15) is 50.7 Å². The monoisotopic (exact) mass is 504 g/mol. The van der Waals surface area contributed by atoms with Gasteiger partial charge in [-0.2, -0.15) is 21.6 Å². The van der Waals surface area contributed by atoms with Gasteiger partial charge in [-0.05, 0) is 70.2 Å². The summed E-state index contributed by atoms with van der Waals surface area (Å²) in [7, 11) is -4.47. The van der Waals surface area contributed by atoms with Gasteiger partial charge in [0.1, 0.15) is 5.60 Å².